The van der Waals surface area contributed by atoms with E-state index in [-0.39, 0.29) is 5.91 Å². The van der Waals surface area contributed by atoms with Gasteiger partial charge in [-0.2, -0.15) is 11.8 Å². The highest BCUT2D eigenvalue weighted by atomic mass is 32.2. The smallest absolute Gasteiger partial charge is 0.236 e. The maximum Gasteiger partial charge on any atom is 0.236 e. The van der Waals surface area contributed by atoms with E-state index in [1.165, 1.54) is 0 Å². The summed E-state index contributed by atoms with van der Waals surface area (Å²) in [6, 6.07) is 0. The van der Waals surface area contributed by atoms with E-state index in [0.717, 1.165) is 25.4 Å². The second-order valence-corrected chi connectivity index (χ2v) is 4.28. The Bertz CT molecular complexity index is 160. The summed E-state index contributed by atoms with van der Waals surface area (Å²) in [6.45, 7) is 7.18. The largest absolute Gasteiger partial charge is 0.342 e. The molecular formula is C10H22N2OS. The first-order valence-corrected chi connectivity index (χ1v) is 6.50. The van der Waals surface area contributed by atoms with Gasteiger partial charge in [0, 0.05) is 25.4 Å². The highest BCUT2D eigenvalue weighted by molar-refractivity contribution is 7.98. The first kappa shape index (κ1) is 13.8. The van der Waals surface area contributed by atoms with Gasteiger partial charge < -0.3 is 4.90 Å². The number of thioether (sulfide) groups is 1. The summed E-state index contributed by atoms with van der Waals surface area (Å²) in [5.74, 6) is 1.32. The molecule has 0 bridgehead atoms. The molecule has 14 heavy (non-hydrogen) atoms. The Kier molecular flexibility index (Phi) is 7.99. The fourth-order valence-corrected chi connectivity index (χ4v) is 1.73. The molecule has 1 amide bonds. The van der Waals surface area contributed by atoms with E-state index in [1.54, 1.807) is 0 Å². The minimum absolute atomic E-state index is 0.235. The van der Waals surface area contributed by atoms with Crippen LogP contribution < -0.4 is 0 Å². The predicted molar refractivity (Wildman–Crippen MR) is 63.8 cm³/mol. The molecule has 0 unspecified atom stereocenters. The molecule has 3 nitrogen and oxygen atoms in total. The van der Waals surface area contributed by atoms with Crippen molar-refractivity contribution in [3.05, 3.63) is 0 Å². The molecule has 0 aliphatic carbocycles. The molecule has 0 spiro atoms. The van der Waals surface area contributed by atoms with E-state index in [2.05, 4.69) is 11.2 Å². The van der Waals surface area contributed by atoms with Crippen molar-refractivity contribution in [1.82, 2.24) is 9.80 Å². The average Bonchev–Trinajstić information content (AvgIpc) is 2.16. The van der Waals surface area contributed by atoms with Gasteiger partial charge in [-0.15, -0.1) is 0 Å². The zero-order valence-corrected chi connectivity index (χ0v) is 10.6. The van der Waals surface area contributed by atoms with Gasteiger partial charge in [-0.05, 0) is 27.2 Å². The van der Waals surface area contributed by atoms with Crippen molar-refractivity contribution in [2.45, 2.75) is 13.8 Å². The topological polar surface area (TPSA) is 23.6 Å². The zero-order chi connectivity index (χ0) is 11.0. The van der Waals surface area contributed by atoms with Crippen LogP contribution in [0, 0.1) is 0 Å². The van der Waals surface area contributed by atoms with Crippen LogP contribution in [0.25, 0.3) is 0 Å². The second-order valence-electron chi connectivity index (χ2n) is 3.30. The number of amides is 1. The van der Waals surface area contributed by atoms with Crippen LogP contribution in [0.5, 0.6) is 0 Å². The molecule has 0 aliphatic heterocycles. The van der Waals surface area contributed by atoms with E-state index in [0.29, 0.717) is 6.54 Å². The lowest BCUT2D eigenvalue weighted by Gasteiger charge is -2.22. The Hall–Kier alpha value is -0.220. The standard InChI is InChI=1S/C10H22N2OS/c1-5-12(6-2)10(13)9-11(3)7-8-14-4/h5-9H2,1-4H3. The number of rotatable bonds is 7. The molecule has 0 aromatic heterocycles. The molecular weight excluding hydrogens is 196 g/mol. The molecule has 84 valence electrons. The van der Waals surface area contributed by atoms with Gasteiger partial charge in [-0.1, -0.05) is 0 Å². The minimum atomic E-state index is 0.235. The van der Waals surface area contributed by atoms with Gasteiger partial charge in [0.15, 0.2) is 0 Å². The van der Waals surface area contributed by atoms with Crippen LogP contribution in [0.1, 0.15) is 13.8 Å². The lowest BCUT2D eigenvalue weighted by molar-refractivity contribution is -0.131. The molecule has 0 aliphatic rings. The Morgan fingerprint density at radius 1 is 1.29 bits per heavy atom. The molecule has 0 aromatic rings. The fourth-order valence-electron chi connectivity index (χ4n) is 1.23. The number of hydrogen-bond acceptors (Lipinski definition) is 3. The molecule has 0 saturated carbocycles. The van der Waals surface area contributed by atoms with Gasteiger partial charge in [0.1, 0.15) is 0 Å². The van der Waals surface area contributed by atoms with E-state index in [1.807, 2.05) is 37.6 Å². The van der Waals surface area contributed by atoms with Gasteiger partial charge in [0.2, 0.25) is 5.91 Å². The summed E-state index contributed by atoms with van der Waals surface area (Å²) in [4.78, 5) is 15.6. The molecule has 4 heteroatoms. The zero-order valence-electron chi connectivity index (χ0n) is 9.75. The van der Waals surface area contributed by atoms with Crippen LogP contribution >= 0.6 is 11.8 Å². The van der Waals surface area contributed by atoms with Gasteiger partial charge in [-0.3, -0.25) is 9.69 Å². The van der Waals surface area contributed by atoms with E-state index in [9.17, 15) is 4.79 Å². The van der Waals surface area contributed by atoms with Crippen LogP contribution in [-0.2, 0) is 4.79 Å². The van der Waals surface area contributed by atoms with Crippen molar-refractivity contribution in [2.24, 2.45) is 0 Å². The molecule has 0 fully saturated rings. The highest BCUT2D eigenvalue weighted by Crippen LogP contribution is 1.95. The van der Waals surface area contributed by atoms with E-state index in [4.69, 9.17) is 0 Å². The van der Waals surface area contributed by atoms with Gasteiger partial charge in [-0.25, -0.2) is 0 Å². The van der Waals surface area contributed by atoms with Gasteiger partial charge in [0.25, 0.3) is 0 Å². The van der Waals surface area contributed by atoms with E-state index >= 15 is 0 Å². The predicted octanol–water partition coefficient (Wildman–Crippen LogP) is 1.15. The van der Waals surface area contributed by atoms with E-state index < -0.39 is 0 Å². The van der Waals surface area contributed by atoms with Crippen molar-refractivity contribution < 1.29 is 4.79 Å². The Morgan fingerprint density at radius 3 is 2.29 bits per heavy atom. The third-order valence-corrected chi connectivity index (χ3v) is 2.79. The number of likely N-dealkylation sites (N-methyl/N-ethyl adjacent to an activating group) is 2. The van der Waals surface area contributed by atoms with Crippen LogP contribution in [0.15, 0.2) is 0 Å². The molecule has 0 atom stereocenters. The number of carbonyl (C=O) groups is 1. The molecule has 0 rings (SSSR count). The average molecular weight is 218 g/mol. The highest BCUT2D eigenvalue weighted by Gasteiger charge is 2.11. The van der Waals surface area contributed by atoms with Crippen molar-refractivity contribution >= 4 is 17.7 Å². The summed E-state index contributed by atoms with van der Waals surface area (Å²) >= 11 is 1.81. The van der Waals surface area contributed by atoms with Crippen molar-refractivity contribution in [2.75, 3.05) is 45.2 Å². The minimum Gasteiger partial charge on any atom is -0.342 e. The monoisotopic (exact) mass is 218 g/mol. The van der Waals surface area contributed by atoms with Crippen molar-refractivity contribution in [3.8, 4) is 0 Å². The van der Waals surface area contributed by atoms with Crippen LogP contribution in [0.3, 0.4) is 0 Å². The number of hydrogen-bond donors (Lipinski definition) is 0. The third kappa shape index (κ3) is 5.50. The first-order chi connectivity index (χ1) is 6.65. The number of carbonyl (C=O) groups excluding carboxylic acids is 1. The quantitative estimate of drug-likeness (QED) is 0.640. The fraction of sp³-hybridized carbons (Fsp3) is 0.900. The third-order valence-electron chi connectivity index (χ3n) is 2.20. The first-order valence-electron chi connectivity index (χ1n) is 5.10. The molecule has 0 heterocycles. The van der Waals surface area contributed by atoms with Crippen LogP contribution in [0.4, 0.5) is 0 Å². The summed E-state index contributed by atoms with van der Waals surface area (Å²) in [5, 5.41) is 0. The summed E-state index contributed by atoms with van der Waals surface area (Å²) < 4.78 is 0. The van der Waals surface area contributed by atoms with Crippen molar-refractivity contribution in [1.29, 1.82) is 0 Å². The molecule has 0 N–H and O–H groups in total. The van der Waals surface area contributed by atoms with Crippen molar-refractivity contribution in [3.63, 3.8) is 0 Å². The Balaban J connectivity index is 3.79. The SMILES string of the molecule is CCN(CC)C(=O)CN(C)CCSC. The molecule has 0 aromatic carbocycles. The maximum atomic E-state index is 11.7. The Morgan fingerprint density at radius 2 is 1.86 bits per heavy atom. The maximum absolute atomic E-state index is 11.7. The Labute approximate surface area is 91.8 Å². The van der Waals surface area contributed by atoms with Crippen LogP contribution in [0.2, 0.25) is 0 Å². The van der Waals surface area contributed by atoms with Gasteiger partial charge in [0.05, 0.1) is 6.54 Å². The normalized spacial score (nSPS) is 10.6. The summed E-state index contributed by atoms with van der Waals surface area (Å²) in [7, 11) is 2.00. The lowest BCUT2D eigenvalue weighted by Crippen LogP contribution is -2.39. The van der Waals surface area contributed by atoms with Gasteiger partial charge >= 0.3 is 0 Å². The lowest BCUT2D eigenvalue weighted by atomic mass is 10.4. The van der Waals surface area contributed by atoms with Crippen LogP contribution in [-0.4, -0.2) is 60.9 Å². The molecule has 0 saturated heterocycles. The second kappa shape index (κ2) is 8.12. The summed E-state index contributed by atoms with van der Waals surface area (Å²) in [5.41, 5.74) is 0. The number of nitrogens with zero attached hydrogens (tertiary/aromatic N) is 2. The summed E-state index contributed by atoms with van der Waals surface area (Å²) in [6.07, 6.45) is 2.08. The molecule has 0 radical (unpaired) electrons.